The molecule has 0 heterocycles. The lowest BCUT2D eigenvalue weighted by molar-refractivity contribution is -0.138. The predicted molar refractivity (Wildman–Crippen MR) is 55.3 cm³/mol. The number of alkyl halides is 3. The molecule has 0 aromatic heterocycles. The average Bonchev–Trinajstić information content (AvgIpc) is 2.15. The van der Waals surface area contributed by atoms with Crippen molar-refractivity contribution in [1.82, 2.24) is 0 Å². The van der Waals surface area contributed by atoms with Crippen LogP contribution in [0.1, 0.15) is 28.4 Å². The first kappa shape index (κ1) is 12.5. The lowest BCUT2D eigenvalue weighted by Crippen LogP contribution is -2.11. The van der Waals surface area contributed by atoms with E-state index in [4.69, 9.17) is 0 Å². The monoisotopic (exact) mass is 228 g/mol. The molecule has 0 fully saturated rings. The smallest absolute Gasteiger partial charge is 0.289 e. The van der Waals surface area contributed by atoms with Crippen LogP contribution in [0.15, 0.2) is 30.4 Å². The molecule has 0 saturated heterocycles. The molecule has 0 aliphatic heterocycles. The van der Waals surface area contributed by atoms with Gasteiger partial charge in [0, 0.05) is 5.56 Å². The summed E-state index contributed by atoms with van der Waals surface area (Å²) in [5.41, 5.74) is -0.549. The number of benzene rings is 1. The van der Waals surface area contributed by atoms with E-state index in [9.17, 15) is 18.0 Å². The average molecular weight is 228 g/mol. The van der Waals surface area contributed by atoms with Crippen molar-refractivity contribution in [3.05, 3.63) is 47.0 Å². The van der Waals surface area contributed by atoms with Crippen molar-refractivity contribution in [3.8, 4) is 0 Å². The van der Waals surface area contributed by atoms with Crippen molar-refractivity contribution in [2.45, 2.75) is 20.0 Å². The van der Waals surface area contributed by atoms with Gasteiger partial charge in [0.1, 0.15) is 0 Å². The number of allylic oxidation sites excluding steroid dienone is 1. The second-order valence-corrected chi connectivity index (χ2v) is 3.59. The molecule has 0 spiro atoms. The van der Waals surface area contributed by atoms with E-state index in [1.54, 1.807) is 0 Å². The largest absolute Gasteiger partial charge is 0.416 e. The van der Waals surface area contributed by atoms with E-state index in [0.29, 0.717) is 0 Å². The van der Waals surface area contributed by atoms with Crippen LogP contribution >= 0.6 is 0 Å². The summed E-state index contributed by atoms with van der Waals surface area (Å²) in [6, 6.07) is 3.57. The molecule has 0 amide bonds. The summed E-state index contributed by atoms with van der Waals surface area (Å²) in [4.78, 5) is 11.6. The second kappa shape index (κ2) is 4.12. The second-order valence-electron chi connectivity index (χ2n) is 3.59. The quantitative estimate of drug-likeness (QED) is 0.556. The highest BCUT2D eigenvalue weighted by Gasteiger charge is 2.33. The van der Waals surface area contributed by atoms with Gasteiger partial charge in [-0.3, -0.25) is 4.79 Å². The molecule has 1 nitrogen and oxygen atoms in total. The first-order valence-corrected chi connectivity index (χ1v) is 4.62. The predicted octanol–water partition coefficient (Wildman–Crippen LogP) is 3.77. The Morgan fingerprint density at radius 3 is 2.31 bits per heavy atom. The molecule has 1 aromatic rings. The maximum Gasteiger partial charge on any atom is 0.416 e. The lowest BCUT2D eigenvalue weighted by atomic mass is 9.96. The highest BCUT2D eigenvalue weighted by atomic mass is 19.4. The standard InChI is InChI=1S/C12H11F3O/c1-7(2)11(16)9-5-4-6-10(8(9)3)12(13,14)15/h4-6H,1H2,2-3H3. The lowest BCUT2D eigenvalue weighted by Gasteiger charge is -2.13. The van der Waals surface area contributed by atoms with Crippen LogP contribution < -0.4 is 0 Å². The van der Waals surface area contributed by atoms with Gasteiger partial charge in [0.15, 0.2) is 5.78 Å². The molecular formula is C12H11F3O. The van der Waals surface area contributed by atoms with Crippen molar-refractivity contribution in [1.29, 1.82) is 0 Å². The van der Waals surface area contributed by atoms with Gasteiger partial charge in [-0.15, -0.1) is 0 Å². The third-order valence-electron chi connectivity index (χ3n) is 2.27. The Labute approximate surface area is 91.6 Å². The molecule has 0 bridgehead atoms. The topological polar surface area (TPSA) is 17.1 Å². The van der Waals surface area contributed by atoms with Gasteiger partial charge in [0.05, 0.1) is 5.56 Å². The fourth-order valence-corrected chi connectivity index (χ4v) is 1.42. The van der Waals surface area contributed by atoms with E-state index in [-0.39, 0.29) is 16.7 Å². The summed E-state index contributed by atoms with van der Waals surface area (Å²) in [6.45, 7) is 6.20. The van der Waals surface area contributed by atoms with Gasteiger partial charge in [-0.25, -0.2) is 0 Å². The number of rotatable bonds is 2. The minimum Gasteiger partial charge on any atom is -0.289 e. The minimum atomic E-state index is -4.44. The van der Waals surface area contributed by atoms with E-state index in [1.807, 2.05) is 0 Å². The van der Waals surface area contributed by atoms with Crippen LogP contribution in [-0.2, 0) is 6.18 Å². The zero-order valence-corrected chi connectivity index (χ0v) is 8.98. The molecule has 86 valence electrons. The molecule has 0 aliphatic carbocycles. The maximum atomic E-state index is 12.6. The SMILES string of the molecule is C=C(C)C(=O)c1cccc(C(F)(F)F)c1C. The Kier molecular flexibility index (Phi) is 3.21. The number of ketones is 1. The van der Waals surface area contributed by atoms with Gasteiger partial charge in [-0.2, -0.15) is 13.2 Å². The van der Waals surface area contributed by atoms with Crippen molar-refractivity contribution in [3.63, 3.8) is 0 Å². The van der Waals surface area contributed by atoms with Crippen LogP contribution in [0.25, 0.3) is 0 Å². The van der Waals surface area contributed by atoms with E-state index in [0.717, 1.165) is 6.07 Å². The molecule has 1 aromatic carbocycles. The first-order chi connectivity index (χ1) is 7.25. The Morgan fingerprint density at radius 2 is 1.88 bits per heavy atom. The summed E-state index contributed by atoms with van der Waals surface area (Å²) in [7, 11) is 0. The number of halogens is 3. The van der Waals surface area contributed by atoms with Gasteiger partial charge >= 0.3 is 6.18 Å². The molecule has 0 atom stereocenters. The van der Waals surface area contributed by atoms with E-state index in [2.05, 4.69) is 6.58 Å². The van der Waals surface area contributed by atoms with Crippen molar-refractivity contribution in [2.75, 3.05) is 0 Å². The van der Waals surface area contributed by atoms with Crippen molar-refractivity contribution < 1.29 is 18.0 Å². The van der Waals surface area contributed by atoms with E-state index < -0.39 is 17.5 Å². The molecule has 0 aliphatic rings. The molecule has 0 N–H and O–H groups in total. The van der Waals surface area contributed by atoms with Gasteiger partial charge < -0.3 is 0 Å². The molecule has 16 heavy (non-hydrogen) atoms. The number of carbonyl (C=O) groups excluding carboxylic acids is 1. The van der Waals surface area contributed by atoms with Crippen molar-refractivity contribution in [2.24, 2.45) is 0 Å². The fourth-order valence-electron chi connectivity index (χ4n) is 1.42. The third kappa shape index (κ3) is 2.32. The summed E-state index contributed by atoms with van der Waals surface area (Å²) >= 11 is 0. The molecule has 0 radical (unpaired) electrons. The van der Waals surface area contributed by atoms with Crippen LogP contribution in [0.3, 0.4) is 0 Å². The third-order valence-corrected chi connectivity index (χ3v) is 2.27. The van der Waals surface area contributed by atoms with E-state index in [1.165, 1.54) is 26.0 Å². The number of hydrogen-bond donors (Lipinski definition) is 0. The zero-order chi connectivity index (χ0) is 12.5. The van der Waals surface area contributed by atoms with Gasteiger partial charge in [0.25, 0.3) is 0 Å². The zero-order valence-electron chi connectivity index (χ0n) is 8.98. The van der Waals surface area contributed by atoms with Crippen LogP contribution in [0.4, 0.5) is 13.2 Å². The maximum absolute atomic E-state index is 12.6. The Balaban J connectivity index is 3.36. The van der Waals surface area contributed by atoms with Gasteiger partial charge in [-0.1, -0.05) is 18.7 Å². The first-order valence-electron chi connectivity index (χ1n) is 4.62. The highest BCUT2D eigenvalue weighted by Crippen LogP contribution is 2.33. The molecule has 1 rings (SSSR count). The van der Waals surface area contributed by atoms with E-state index >= 15 is 0 Å². The van der Waals surface area contributed by atoms with Crippen molar-refractivity contribution >= 4 is 5.78 Å². The van der Waals surface area contributed by atoms with Gasteiger partial charge in [-0.05, 0) is 31.1 Å². The fraction of sp³-hybridized carbons (Fsp3) is 0.250. The molecular weight excluding hydrogens is 217 g/mol. The summed E-state index contributed by atoms with van der Waals surface area (Å²) < 4.78 is 37.7. The minimum absolute atomic E-state index is 0.0528. The van der Waals surface area contributed by atoms with Crippen LogP contribution in [0.5, 0.6) is 0 Å². The number of Topliss-reactive ketones (excluding diaryl/α,β-unsaturated/α-hetero) is 1. The highest BCUT2D eigenvalue weighted by molar-refractivity contribution is 6.09. The number of hydrogen-bond acceptors (Lipinski definition) is 1. The summed E-state index contributed by atoms with van der Waals surface area (Å²) in [5.74, 6) is -0.455. The number of carbonyl (C=O) groups is 1. The normalized spacial score (nSPS) is 11.3. The summed E-state index contributed by atoms with van der Waals surface area (Å²) in [5, 5.41) is 0. The molecule has 0 saturated carbocycles. The Hall–Kier alpha value is -1.58. The van der Waals surface area contributed by atoms with Crippen LogP contribution in [0, 0.1) is 6.92 Å². The summed E-state index contributed by atoms with van der Waals surface area (Å²) in [6.07, 6.45) is -4.44. The van der Waals surface area contributed by atoms with Gasteiger partial charge in [0.2, 0.25) is 0 Å². The Bertz CT molecular complexity index is 444. The Morgan fingerprint density at radius 1 is 1.31 bits per heavy atom. The molecule has 4 heteroatoms. The van der Waals surface area contributed by atoms with Crippen LogP contribution in [-0.4, -0.2) is 5.78 Å². The van der Waals surface area contributed by atoms with Crippen LogP contribution in [0.2, 0.25) is 0 Å². The molecule has 0 unspecified atom stereocenters.